The highest BCUT2D eigenvalue weighted by Crippen LogP contribution is 2.34. The van der Waals surface area contributed by atoms with E-state index in [1.807, 2.05) is 56.3 Å². The molecule has 0 radical (unpaired) electrons. The predicted molar refractivity (Wildman–Crippen MR) is 132 cm³/mol. The van der Waals surface area contributed by atoms with Crippen LogP contribution in [0.1, 0.15) is 48.2 Å². The Hall–Kier alpha value is -3.26. The van der Waals surface area contributed by atoms with Crippen molar-refractivity contribution in [2.75, 3.05) is 19.6 Å². The highest BCUT2D eigenvalue weighted by Gasteiger charge is 2.51. The highest BCUT2D eigenvalue weighted by molar-refractivity contribution is 7.18. The number of nitrogens with one attached hydrogen (secondary N) is 1. The molecule has 1 N–H and O–H groups in total. The van der Waals surface area contributed by atoms with Gasteiger partial charge in [0.15, 0.2) is 0 Å². The maximum absolute atomic E-state index is 13.4. The summed E-state index contributed by atoms with van der Waals surface area (Å²) in [5.74, 6) is -0.400. The van der Waals surface area contributed by atoms with Gasteiger partial charge in [0, 0.05) is 19.0 Å². The fourth-order valence-corrected chi connectivity index (χ4v) is 6.05. The van der Waals surface area contributed by atoms with E-state index in [1.54, 1.807) is 16.2 Å². The van der Waals surface area contributed by atoms with E-state index in [1.165, 1.54) is 0 Å². The number of rotatable bonds is 5. The lowest BCUT2D eigenvalue weighted by molar-refractivity contribution is -0.140. The van der Waals surface area contributed by atoms with Gasteiger partial charge in [0.25, 0.3) is 5.91 Å². The molecule has 7 nitrogen and oxygen atoms in total. The van der Waals surface area contributed by atoms with E-state index in [4.69, 9.17) is 4.98 Å². The number of urea groups is 1. The number of nitrogens with zero attached hydrogens (tertiary/aromatic N) is 3. The molecule has 5 rings (SSSR count). The molecule has 1 aromatic heterocycles. The molecule has 2 fully saturated rings. The van der Waals surface area contributed by atoms with Crippen molar-refractivity contribution in [3.8, 4) is 0 Å². The van der Waals surface area contributed by atoms with Crippen LogP contribution in [0.2, 0.25) is 0 Å². The van der Waals surface area contributed by atoms with Crippen LogP contribution in [0.15, 0.2) is 48.5 Å². The molecule has 0 spiro atoms. The number of hydrogen-bond acceptors (Lipinski definition) is 5. The van der Waals surface area contributed by atoms with Crippen LogP contribution >= 0.6 is 11.3 Å². The number of benzene rings is 2. The molecule has 0 saturated carbocycles. The van der Waals surface area contributed by atoms with E-state index < -0.39 is 11.6 Å². The average molecular weight is 477 g/mol. The van der Waals surface area contributed by atoms with Gasteiger partial charge in [-0.15, -0.1) is 11.3 Å². The first kappa shape index (κ1) is 22.5. The van der Waals surface area contributed by atoms with Crippen LogP contribution in [0.5, 0.6) is 0 Å². The molecule has 2 saturated heterocycles. The van der Waals surface area contributed by atoms with Crippen molar-refractivity contribution in [3.05, 3.63) is 64.7 Å². The fourth-order valence-electron chi connectivity index (χ4n) is 4.95. The topological polar surface area (TPSA) is 82.6 Å². The van der Waals surface area contributed by atoms with Gasteiger partial charge in [0.05, 0.1) is 15.2 Å². The van der Waals surface area contributed by atoms with Gasteiger partial charge >= 0.3 is 6.03 Å². The number of imide groups is 1. The van der Waals surface area contributed by atoms with Crippen molar-refractivity contribution in [3.63, 3.8) is 0 Å². The summed E-state index contributed by atoms with van der Waals surface area (Å²) in [5, 5.41) is 3.91. The van der Waals surface area contributed by atoms with E-state index in [-0.39, 0.29) is 24.3 Å². The Morgan fingerprint density at radius 2 is 1.94 bits per heavy atom. The second kappa shape index (κ2) is 8.83. The van der Waals surface area contributed by atoms with E-state index in [0.29, 0.717) is 19.5 Å². The Labute approximate surface area is 202 Å². The molecule has 8 heteroatoms. The summed E-state index contributed by atoms with van der Waals surface area (Å²) < 4.78 is 1.15. The van der Waals surface area contributed by atoms with Crippen molar-refractivity contribution >= 4 is 39.4 Å². The maximum atomic E-state index is 13.4. The molecule has 2 aromatic carbocycles. The van der Waals surface area contributed by atoms with Gasteiger partial charge in [-0.2, -0.15) is 0 Å². The molecule has 2 aliphatic rings. The third kappa shape index (κ3) is 3.86. The van der Waals surface area contributed by atoms with Crippen LogP contribution in [0.3, 0.4) is 0 Å². The number of carbonyl (C=O) groups excluding carboxylic acids is 3. The summed E-state index contributed by atoms with van der Waals surface area (Å²) in [6, 6.07) is 15.1. The Morgan fingerprint density at radius 3 is 2.68 bits per heavy atom. The molecule has 2 atom stereocenters. The van der Waals surface area contributed by atoms with Gasteiger partial charge in [0.2, 0.25) is 5.91 Å². The van der Waals surface area contributed by atoms with Crippen LogP contribution in [0, 0.1) is 6.92 Å². The van der Waals surface area contributed by atoms with Gasteiger partial charge in [-0.1, -0.05) is 48.9 Å². The van der Waals surface area contributed by atoms with Gasteiger partial charge in [0.1, 0.15) is 12.1 Å². The average Bonchev–Trinajstić information content (AvgIpc) is 3.40. The predicted octanol–water partition coefficient (Wildman–Crippen LogP) is 4.17. The lowest BCUT2D eigenvalue weighted by Crippen LogP contribution is -2.47. The van der Waals surface area contributed by atoms with Crippen molar-refractivity contribution < 1.29 is 14.4 Å². The Bertz CT molecular complexity index is 1220. The SMILES string of the molecule is CC[C@]1(c2ccc(C)cc2)NC(=O)N(CC(=O)N2CCC[C@H](c3nc4ccccc4s3)C2)C1=O. The number of aromatic nitrogens is 1. The summed E-state index contributed by atoms with van der Waals surface area (Å²) in [6.45, 7) is 4.78. The maximum Gasteiger partial charge on any atom is 0.325 e. The normalized spacial score (nSPS) is 22.9. The summed E-state index contributed by atoms with van der Waals surface area (Å²) in [5.41, 5.74) is 1.67. The largest absolute Gasteiger partial charge is 0.340 e. The van der Waals surface area contributed by atoms with E-state index in [9.17, 15) is 14.4 Å². The third-order valence-electron chi connectivity index (χ3n) is 6.98. The monoisotopic (exact) mass is 476 g/mol. The molecule has 176 valence electrons. The number of piperidine rings is 1. The summed E-state index contributed by atoms with van der Waals surface area (Å²) in [6.07, 6.45) is 2.25. The van der Waals surface area contributed by atoms with Crippen molar-refractivity contribution in [2.24, 2.45) is 0 Å². The van der Waals surface area contributed by atoms with Crippen LogP contribution in [0.25, 0.3) is 10.2 Å². The van der Waals surface area contributed by atoms with Gasteiger partial charge in [-0.05, 0) is 43.9 Å². The number of hydrogen-bond donors (Lipinski definition) is 1. The Kier molecular flexibility index (Phi) is 5.85. The molecule has 0 unspecified atom stereocenters. The molecule has 2 aliphatic heterocycles. The van der Waals surface area contributed by atoms with E-state index >= 15 is 0 Å². The summed E-state index contributed by atoms with van der Waals surface area (Å²) in [4.78, 5) is 47.1. The molecule has 0 aliphatic carbocycles. The number of amides is 4. The lowest BCUT2D eigenvalue weighted by Gasteiger charge is -2.32. The molecule has 3 aromatic rings. The van der Waals surface area contributed by atoms with Crippen LogP contribution in [-0.2, 0) is 15.1 Å². The van der Waals surface area contributed by atoms with Crippen molar-refractivity contribution in [1.82, 2.24) is 20.1 Å². The minimum absolute atomic E-state index is 0.167. The second-order valence-electron chi connectivity index (χ2n) is 9.15. The first-order valence-corrected chi connectivity index (χ1v) is 12.6. The van der Waals surface area contributed by atoms with Gasteiger partial charge in [-0.3, -0.25) is 14.5 Å². The van der Waals surface area contributed by atoms with Crippen LogP contribution in [-0.4, -0.2) is 52.3 Å². The molecule has 3 heterocycles. The first-order chi connectivity index (χ1) is 16.4. The van der Waals surface area contributed by atoms with Crippen molar-refractivity contribution in [1.29, 1.82) is 0 Å². The smallest absolute Gasteiger partial charge is 0.325 e. The number of fused-ring (bicyclic) bond motifs is 1. The fraction of sp³-hybridized carbons (Fsp3) is 0.385. The summed E-state index contributed by atoms with van der Waals surface area (Å²) in [7, 11) is 0. The number of para-hydroxylation sites is 1. The summed E-state index contributed by atoms with van der Waals surface area (Å²) >= 11 is 1.67. The van der Waals surface area contributed by atoms with E-state index in [2.05, 4.69) is 11.4 Å². The lowest BCUT2D eigenvalue weighted by atomic mass is 9.86. The first-order valence-electron chi connectivity index (χ1n) is 11.8. The minimum atomic E-state index is -1.13. The molecule has 0 bridgehead atoms. The number of thiazole rings is 1. The molecule has 34 heavy (non-hydrogen) atoms. The Balaban J connectivity index is 1.31. The van der Waals surface area contributed by atoms with E-state index in [0.717, 1.165) is 44.1 Å². The van der Waals surface area contributed by atoms with Gasteiger partial charge in [-0.25, -0.2) is 9.78 Å². The standard InChI is InChI=1S/C26H28N4O3S/c1-3-26(19-12-10-17(2)11-13-19)24(32)30(25(33)28-26)16-22(31)29-14-6-7-18(15-29)23-27-20-8-4-5-9-21(20)34-23/h4-5,8-13,18H,3,6-7,14-16H2,1-2H3,(H,28,33)/t18-,26+/m0/s1. The molecular formula is C26H28N4O3S. The zero-order chi connectivity index (χ0) is 23.9. The van der Waals surface area contributed by atoms with Crippen LogP contribution < -0.4 is 5.32 Å². The molecular weight excluding hydrogens is 448 g/mol. The number of aryl methyl sites for hydroxylation is 1. The Morgan fingerprint density at radius 1 is 1.18 bits per heavy atom. The molecule has 4 amide bonds. The number of likely N-dealkylation sites (tertiary alicyclic amines) is 1. The second-order valence-corrected chi connectivity index (χ2v) is 10.2. The quantitative estimate of drug-likeness (QED) is 0.561. The third-order valence-corrected chi connectivity index (χ3v) is 8.18. The van der Waals surface area contributed by atoms with Crippen LogP contribution in [0.4, 0.5) is 4.79 Å². The number of carbonyl (C=O) groups is 3. The zero-order valence-corrected chi connectivity index (χ0v) is 20.2. The zero-order valence-electron chi connectivity index (χ0n) is 19.4. The highest BCUT2D eigenvalue weighted by atomic mass is 32.1. The van der Waals surface area contributed by atoms with Gasteiger partial charge < -0.3 is 10.2 Å². The van der Waals surface area contributed by atoms with Crippen molar-refractivity contribution in [2.45, 2.75) is 44.6 Å². The minimum Gasteiger partial charge on any atom is -0.340 e.